The molecule has 1 amide bonds. The zero-order valence-electron chi connectivity index (χ0n) is 12.3. The first kappa shape index (κ1) is 14.1. The minimum atomic E-state index is 0.138. The predicted molar refractivity (Wildman–Crippen MR) is 86.0 cm³/mol. The van der Waals surface area contributed by atoms with Gasteiger partial charge in [0.15, 0.2) is 0 Å². The Bertz CT molecular complexity index is 656. The first-order chi connectivity index (χ1) is 10.2. The highest BCUT2D eigenvalue weighted by molar-refractivity contribution is 7.16. The summed E-state index contributed by atoms with van der Waals surface area (Å²) in [5.41, 5.74) is 0. The molecule has 0 atom stereocenters. The number of fused-ring (bicyclic) bond motifs is 1. The van der Waals surface area contributed by atoms with Crippen LogP contribution >= 0.6 is 11.3 Å². The molecular formula is C14H19N5OS. The second kappa shape index (κ2) is 5.85. The monoisotopic (exact) mass is 305 g/mol. The standard InChI is InChI=1S/C14H19N5OS/c1-3-15-14-16-12(10-5-8-21-13(10)17-14)19-7-4-6-18(2)11(20)9-19/h5,8H,3-4,6-7,9H2,1-2H3,(H,15,16,17). The average molecular weight is 305 g/mol. The Hall–Kier alpha value is -1.89. The molecule has 1 N–H and O–H groups in total. The summed E-state index contributed by atoms with van der Waals surface area (Å²) >= 11 is 1.60. The fourth-order valence-electron chi connectivity index (χ4n) is 2.49. The van der Waals surface area contributed by atoms with Gasteiger partial charge in [-0.2, -0.15) is 4.98 Å². The number of carbonyl (C=O) groups is 1. The Morgan fingerprint density at radius 2 is 2.24 bits per heavy atom. The van der Waals surface area contributed by atoms with Gasteiger partial charge in [-0.1, -0.05) is 0 Å². The molecule has 2 aromatic rings. The number of anilines is 2. The second-order valence-corrected chi connectivity index (χ2v) is 6.03. The topological polar surface area (TPSA) is 61.4 Å². The molecule has 21 heavy (non-hydrogen) atoms. The fourth-order valence-corrected chi connectivity index (χ4v) is 3.24. The Kier molecular flexibility index (Phi) is 3.92. The fraction of sp³-hybridized carbons (Fsp3) is 0.500. The maximum absolute atomic E-state index is 12.1. The summed E-state index contributed by atoms with van der Waals surface area (Å²) in [6, 6.07) is 2.03. The van der Waals surface area contributed by atoms with Gasteiger partial charge in [0.25, 0.3) is 0 Å². The third-order valence-electron chi connectivity index (χ3n) is 3.61. The lowest BCUT2D eigenvalue weighted by molar-refractivity contribution is -0.127. The number of amides is 1. The zero-order chi connectivity index (χ0) is 14.8. The predicted octanol–water partition coefficient (Wildman–Crippen LogP) is 1.79. The molecule has 0 bridgehead atoms. The van der Waals surface area contributed by atoms with Gasteiger partial charge in [0.05, 0.1) is 11.9 Å². The average Bonchev–Trinajstić information content (AvgIpc) is 2.87. The molecule has 3 heterocycles. The van der Waals surface area contributed by atoms with Gasteiger partial charge in [0.2, 0.25) is 11.9 Å². The number of hydrogen-bond acceptors (Lipinski definition) is 6. The van der Waals surface area contributed by atoms with Crippen molar-refractivity contribution in [1.82, 2.24) is 14.9 Å². The summed E-state index contributed by atoms with van der Waals surface area (Å²) in [4.78, 5) is 26.1. The van der Waals surface area contributed by atoms with Crippen LogP contribution in [-0.2, 0) is 4.79 Å². The largest absolute Gasteiger partial charge is 0.354 e. The van der Waals surface area contributed by atoms with E-state index in [-0.39, 0.29) is 5.91 Å². The molecule has 3 rings (SSSR count). The Labute approximate surface area is 127 Å². The number of nitrogens with one attached hydrogen (secondary N) is 1. The number of aromatic nitrogens is 2. The Morgan fingerprint density at radius 1 is 1.38 bits per heavy atom. The molecule has 1 aliphatic heterocycles. The number of likely N-dealkylation sites (N-methyl/N-ethyl adjacent to an activating group) is 1. The van der Waals surface area contributed by atoms with Crippen molar-refractivity contribution in [2.75, 3.05) is 43.4 Å². The number of hydrogen-bond donors (Lipinski definition) is 1. The highest BCUT2D eigenvalue weighted by Gasteiger charge is 2.22. The Balaban J connectivity index is 2.01. The second-order valence-electron chi connectivity index (χ2n) is 5.13. The number of carbonyl (C=O) groups excluding carboxylic acids is 1. The molecule has 0 unspecified atom stereocenters. The lowest BCUT2D eigenvalue weighted by Gasteiger charge is -2.22. The molecule has 0 aliphatic carbocycles. The van der Waals surface area contributed by atoms with Gasteiger partial charge >= 0.3 is 0 Å². The molecule has 1 fully saturated rings. The van der Waals surface area contributed by atoms with Crippen LogP contribution in [0.1, 0.15) is 13.3 Å². The van der Waals surface area contributed by atoms with Gasteiger partial charge in [0, 0.05) is 26.7 Å². The van der Waals surface area contributed by atoms with E-state index in [9.17, 15) is 4.79 Å². The van der Waals surface area contributed by atoms with Crippen LogP contribution in [0.3, 0.4) is 0 Å². The van der Waals surface area contributed by atoms with Crippen LogP contribution in [-0.4, -0.2) is 54.0 Å². The van der Waals surface area contributed by atoms with Gasteiger partial charge < -0.3 is 15.1 Å². The maximum atomic E-state index is 12.1. The minimum Gasteiger partial charge on any atom is -0.354 e. The molecule has 0 aromatic carbocycles. The van der Waals surface area contributed by atoms with Crippen LogP contribution in [0.4, 0.5) is 11.8 Å². The molecule has 112 valence electrons. The summed E-state index contributed by atoms with van der Waals surface area (Å²) in [5, 5.41) is 6.21. The van der Waals surface area contributed by atoms with Gasteiger partial charge in [-0.25, -0.2) is 4.98 Å². The van der Waals surface area contributed by atoms with Gasteiger partial charge in [0.1, 0.15) is 10.6 Å². The van der Waals surface area contributed by atoms with Crippen LogP contribution in [0.25, 0.3) is 10.2 Å². The van der Waals surface area contributed by atoms with Crippen molar-refractivity contribution in [2.24, 2.45) is 0 Å². The molecular weight excluding hydrogens is 286 g/mol. The quantitative estimate of drug-likeness (QED) is 0.937. The van der Waals surface area contributed by atoms with Crippen molar-refractivity contribution in [2.45, 2.75) is 13.3 Å². The van der Waals surface area contributed by atoms with Crippen LogP contribution < -0.4 is 10.2 Å². The van der Waals surface area contributed by atoms with E-state index in [2.05, 4.69) is 20.2 Å². The van der Waals surface area contributed by atoms with Gasteiger partial charge in [-0.15, -0.1) is 11.3 Å². The van der Waals surface area contributed by atoms with Crippen LogP contribution in [0.15, 0.2) is 11.4 Å². The summed E-state index contributed by atoms with van der Waals surface area (Å²) in [6.07, 6.45) is 0.953. The molecule has 6 nitrogen and oxygen atoms in total. The van der Waals surface area contributed by atoms with Crippen molar-refractivity contribution in [3.63, 3.8) is 0 Å². The summed E-state index contributed by atoms with van der Waals surface area (Å²) < 4.78 is 0. The van der Waals surface area contributed by atoms with E-state index in [1.807, 2.05) is 25.4 Å². The Morgan fingerprint density at radius 3 is 3.05 bits per heavy atom. The highest BCUT2D eigenvalue weighted by atomic mass is 32.1. The number of rotatable bonds is 3. The first-order valence-corrected chi connectivity index (χ1v) is 8.05. The molecule has 0 spiro atoms. The van der Waals surface area contributed by atoms with Crippen molar-refractivity contribution >= 4 is 39.2 Å². The summed E-state index contributed by atoms with van der Waals surface area (Å²) in [6.45, 7) is 4.81. The maximum Gasteiger partial charge on any atom is 0.241 e. The SMILES string of the molecule is CCNc1nc(N2CCCN(C)C(=O)C2)c2ccsc2n1. The van der Waals surface area contributed by atoms with E-state index in [0.29, 0.717) is 12.5 Å². The van der Waals surface area contributed by atoms with E-state index in [1.165, 1.54) is 0 Å². The third kappa shape index (κ3) is 2.78. The minimum absolute atomic E-state index is 0.138. The summed E-state index contributed by atoms with van der Waals surface area (Å²) in [5.74, 6) is 1.63. The highest BCUT2D eigenvalue weighted by Crippen LogP contribution is 2.29. The third-order valence-corrected chi connectivity index (χ3v) is 4.42. The lowest BCUT2D eigenvalue weighted by atomic mass is 10.3. The molecule has 1 aliphatic rings. The molecule has 1 saturated heterocycles. The van der Waals surface area contributed by atoms with Crippen LogP contribution in [0, 0.1) is 0 Å². The lowest BCUT2D eigenvalue weighted by Crippen LogP contribution is -2.34. The smallest absolute Gasteiger partial charge is 0.241 e. The number of nitrogens with zero attached hydrogens (tertiary/aromatic N) is 4. The zero-order valence-corrected chi connectivity index (χ0v) is 13.1. The normalized spacial score (nSPS) is 16.4. The van der Waals surface area contributed by atoms with E-state index in [1.54, 1.807) is 16.2 Å². The number of thiophene rings is 1. The van der Waals surface area contributed by atoms with Crippen LogP contribution in [0.2, 0.25) is 0 Å². The molecule has 7 heteroatoms. The van der Waals surface area contributed by atoms with Crippen molar-refractivity contribution in [1.29, 1.82) is 0 Å². The van der Waals surface area contributed by atoms with Crippen molar-refractivity contribution in [3.05, 3.63) is 11.4 Å². The molecule has 0 radical (unpaired) electrons. The van der Waals surface area contributed by atoms with Crippen molar-refractivity contribution in [3.8, 4) is 0 Å². The first-order valence-electron chi connectivity index (χ1n) is 7.17. The molecule has 0 saturated carbocycles. The van der Waals surface area contributed by atoms with E-state index in [0.717, 1.165) is 42.1 Å². The molecule has 2 aromatic heterocycles. The van der Waals surface area contributed by atoms with E-state index < -0.39 is 0 Å². The van der Waals surface area contributed by atoms with E-state index >= 15 is 0 Å². The van der Waals surface area contributed by atoms with Gasteiger partial charge in [-0.05, 0) is 24.8 Å². The van der Waals surface area contributed by atoms with Gasteiger partial charge in [-0.3, -0.25) is 4.79 Å². The van der Waals surface area contributed by atoms with E-state index in [4.69, 9.17) is 0 Å². The summed E-state index contributed by atoms with van der Waals surface area (Å²) in [7, 11) is 1.86. The van der Waals surface area contributed by atoms with Crippen LogP contribution in [0.5, 0.6) is 0 Å². The van der Waals surface area contributed by atoms with Crippen molar-refractivity contribution < 1.29 is 4.79 Å².